The molecule has 0 rings (SSSR count). The Balaban J connectivity index is 3.57. The third kappa shape index (κ3) is 5.55. The lowest BCUT2D eigenvalue weighted by atomic mass is 10.3. The fraction of sp³-hybridized carbons (Fsp3) is 0.750. The van der Waals surface area contributed by atoms with E-state index in [1.54, 1.807) is 7.11 Å². The molecule has 0 saturated heterocycles. The maximum Gasteiger partial charge on any atom is 0.0638 e. The summed E-state index contributed by atoms with van der Waals surface area (Å²) in [5.41, 5.74) is 2.56. The smallest absolute Gasteiger partial charge is 0.0638 e. The van der Waals surface area contributed by atoms with Crippen LogP contribution >= 0.6 is 11.6 Å². The first-order valence-corrected chi connectivity index (χ1v) is 4.27. The number of hydrogen-bond donors (Lipinski definition) is 2. The zero-order chi connectivity index (χ0) is 9.40. The zero-order valence-electron chi connectivity index (χ0n) is 7.51. The van der Waals surface area contributed by atoms with Crippen LogP contribution in [0.1, 0.15) is 6.92 Å². The molecule has 0 fully saturated rings. The first kappa shape index (κ1) is 11.9. The van der Waals surface area contributed by atoms with Crippen molar-refractivity contribution in [3.8, 4) is 0 Å². The van der Waals surface area contributed by atoms with Gasteiger partial charge in [-0.1, -0.05) is 11.6 Å². The maximum absolute atomic E-state index is 8.85. The van der Waals surface area contributed by atoms with E-state index in [4.69, 9.17) is 21.4 Å². The van der Waals surface area contributed by atoms with Gasteiger partial charge in [-0.2, -0.15) is 0 Å². The van der Waals surface area contributed by atoms with Crippen LogP contribution < -0.4 is 5.32 Å². The molecule has 0 aromatic carbocycles. The molecular formula is C8H16ClNO2. The lowest BCUT2D eigenvalue weighted by Crippen LogP contribution is -2.37. The van der Waals surface area contributed by atoms with Gasteiger partial charge in [-0.25, -0.2) is 0 Å². The monoisotopic (exact) mass is 193 g/mol. The molecule has 3 nitrogen and oxygen atoms in total. The average Bonchev–Trinajstić information content (AvgIpc) is 2.11. The van der Waals surface area contributed by atoms with Crippen LogP contribution in [-0.4, -0.2) is 38.0 Å². The van der Waals surface area contributed by atoms with Gasteiger partial charge in [0.2, 0.25) is 0 Å². The summed E-state index contributed by atoms with van der Waals surface area (Å²) in [6.07, 6.45) is 0. The summed E-state index contributed by atoms with van der Waals surface area (Å²) < 4.78 is 4.89. The van der Waals surface area contributed by atoms with Gasteiger partial charge in [-0.15, -0.1) is 0 Å². The Morgan fingerprint density at radius 3 is 2.83 bits per heavy atom. The molecule has 12 heavy (non-hydrogen) atoms. The second-order valence-electron chi connectivity index (χ2n) is 2.67. The summed E-state index contributed by atoms with van der Waals surface area (Å²) in [6, 6.07) is -0.0124. The van der Waals surface area contributed by atoms with E-state index < -0.39 is 0 Å². The Morgan fingerprint density at radius 1 is 1.75 bits per heavy atom. The Morgan fingerprint density at radius 2 is 2.42 bits per heavy atom. The summed E-state index contributed by atoms with van der Waals surface area (Å²) in [6.45, 7) is 3.18. The molecular weight excluding hydrogens is 178 g/mol. The number of rotatable bonds is 6. The van der Waals surface area contributed by atoms with Crippen LogP contribution in [-0.2, 0) is 4.74 Å². The molecule has 2 N–H and O–H groups in total. The van der Waals surface area contributed by atoms with E-state index >= 15 is 0 Å². The number of ether oxygens (including phenoxy) is 1. The van der Waals surface area contributed by atoms with Crippen LogP contribution in [0.2, 0.25) is 0 Å². The van der Waals surface area contributed by atoms with E-state index in [-0.39, 0.29) is 12.6 Å². The van der Waals surface area contributed by atoms with Gasteiger partial charge in [0, 0.05) is 19.2 Å². The van der Waals surface area contributed by atoms with E-state index in [2.05, 4.69) is 5.32 Å². The predicted octanol–water partition coefficient (Wildman–Crippen LogP) is 0.726. The Kier molecular flexibility index (Phi) is 7.50. The van der Waals surface area contributed by atoms with Crippen molar-refractivity contribution in [3.63, 3.8) is 0 Å². The summed E-state index contributed by atoms with van der Waals surface area (Å²) in [5, 5.41) is 11.9. The first-order chi connectivity index (χ1) is 5.74. The molecule has 0 bridgehead atoms. The summed E-state index contributed by atoms with van der Waals surface area (Å²) in [4.78, 5) is 0. The molecule has 0 spiro atoms. The highest BCUT2D eigenvalue weighted by atomic mass is 35.5. The molecule has 1 atom stereocenters. The third-order valence-corrected chi connectivity index (χ3v) is 1.82. The van der Waals surface area contributed by atoms with Crippen molar-refractivity contribution in [2.45, 2.75) is 13.0 Å². The Bertz CT molecular complexity index is 139. The van der Waals surface area contributed by atoms with Gasteiger partial charge in [0.25, 0.3) is 0 Å². The number of aliphatic hydroxyl groups is 1. The Hall–Kier alpha value is -0.0900. The minimum atomic E-state index is -0.0124. The average molecular weight is 194 g/mol. The highest BCUT2D eigenvalue weighted by molar-refractivity contribution is 6.25. The molecule has 0 saturated carbocycles. The van der Waals surface area contributed by atoms with Crippen LogP contribution in [0.5, 0.6) is 0 Å². The van der Waals surface area contributed by atoms with E-state index in [9.17, 15) is 0 Å². The highest BCUT2D eigenvalue weighted by Crippen LogP contribution is 1.93. The molecule has 0 aliphatic carbocycles. The topological polar surface area (TPSA) is 41.5 Å². The summed E-state index contributed by atoms with van der Waals surface area (Å²) in [7, 11) is 1.61. The van der Waals surface area contributed by atoms with Gasteiger partial charge in [0.05, 0.1) is 19.3 Å². The van der Waals surface area contributed by atoms with Crippen LogP contribution in [0.4, 0.5) is 0 Å². The summed E-state index contributed by atoms with van der Waals surface area (Å²) >= 11 is 5.46. The van der Waals surface area contributed by atoms with Crippen LogP contribution in [0.15, 0.2) is 11.1 Å². The molecule has 0 heterocycles. The zero-order valence-corrected chi connectivity index (χ0v) is 8.27. The van der Waals surface area contributed by atoms with Crippen molar-refractivity contribution in [1.82, 2.24) is 5.32 Å². The standard InChI is InChI=1S/C8H16ClNO2/c1-7(3-9)4-10-8(5-11)6-12-2/h3,8,10-11H,4-6H2,1-2H3. The van der Waals surface area contributed by atoms with Crippen molar-refractivity contribution in [3.05, 3.63) is 11.1 Å². The van der Waals surface area contributed by atoms with Crippen molar-refractivity contribution in [2.75, 3.05) is 26.9 Å². The molecule has 0 aromatic heterocycles. The Labute approximate surface area is 78.4 Å². The van der Waals surface area contributed by atoms with Gasteiger partial charge >= 0.3 is 0 Å². The number of hydrogen-bond acceptors (Lipinski definition) is 3. The first-order valence-electron chi connectivity index (χ1n) is 3.83. The normalized spacial score (nSPS) is 14.8. The van der Waals surface area contributed by atoms with E-state index in [1.807, 2.05) is 6.92 Å². The lowest BCUT2D eigenvalue weighted by Gasteiger charge is -2.14. The minimum absolute atomic E-state index is 0.0124. The SMILES string of the molecule is COCC(CO)NCC(C)=CCl. The van der Waals surface area contributed by atoms with Gasteiger partial charge in [0.15, 0.2) is 0 Å². The number of halogens is 1. The second-order valence-corrected chi connectivity index (χ2v) is 2.89. The third-order valence-electron chi connectivity index (χ3n) is 1.44. The molecule has 72 valence electrons. The molecule has 4 heteroatoms. The maximum atomic E-state index is 8.85. The minimum Gasteiger partial charge on any atom is -0.395 e. The number of methoxy groups -OCH3 is 1. The highest BCUT2D eigenvalue weighted by Gasteiger charge is 2.04. The van der Waals surface area contributed by atoms with Crippen molar-refractivity contribution in [2.24, 2.45) is 0 Å². The molecule has 1 unspecified atom stereocenters. The molecule has 0 radical (unpaired) electrons. The van der Waals surface area contributed by atoms with E-state index in [0.717, 1.165) is 5.57 Å². The summed E-state index contributed by atoms with van der Waals surface area (Å²) in [5.74, 6) is 0. The van der Waals surface area contributed by atoms with E-state index in [1.165, 1.54) is 5.54 Å². The second kappa shape index (κ2) is 7.55. The predicted molar refractivity (Wildman–Crippen MR) is 50.4 cm³/mol. The van der Waals surface area contributed by atoms with Gasteiger partial charge < -0.3 is 15.2 Å². The van der Waals surface area contributed by atoms with Crippen molar-refractivity contribution in [1.29, 1.82) is 0 Å². The quantitative estimate of drug-likeness (QED) is 0.654. The number of aliphatic hydroxyl groups excluding tert-OH is 1. The van der Waals surface area contributed by atoms with Crippen molar-refractivity contribution >= 4 is 11.6 Å². The largest absolute Gasteiger partial charge is 0.395 e. The van der Waals surface area contributed by atoms with Crippen LogP contribution in [0, 0.1) is 0 Å². The van der Waals surface area contributed by atoms with Crippen LogP contribution in [0.25, 0.3) is 0 Å². The molecule has 0 aromatic rings. The van der Waals surface area contributed by atoms with Gasteiger partial charge in [0.1, 0.15) is 0 Å². The van der Waals surface area contributed by atoms with Crippen LogP contribution in [0.3, 0.4) is 0 Å². The molecule has 0 aliphatic rings. The number of nitrogens with one attached hydrogen (secondary N) is 1. The van der Waals surface area contributed by atoms with E-state index in [0.29, 0.717) is 13.2 Å². The fourth-order valence-electron chi connectivity index (χ4n) is 0.721. The van der Waals surface area contributed by atoms with Crippen molar-refractivity contribution < 1.29 is 9.84 Å². The lowest BCUT2D eigenvalue weighted by molar-refractivity contribution is 0.130. The molecule has 0 aliphatic heterocycles. The fourth-order valence-corrected chi connectivity index (χ4v) is 0.798. The van der Waals surface area contributed by atoms with Gasteiger partial charge in [-0.05, 0) is 12.5 Å². The molecule has 0 amide bonds. The van der Waals surface area contributed by atoms with Gasteiger partial charge in [-0.3, -0.25) is 0 Å².